The van der Waals surface area contributed by atoms with Crippen LogP contribution in [0.15, 0.2) is 0 Å². The normalized spacial score (nSPS) is 11.7. The summed E-state index contributed by atoms with van der Waals surface area (Å²) in [7, 11) is 0. The predicted octanol–water partition coefficient (Wildman–Crippen LogP) is 1.23. The van der Waals surface area contributed by atoms with Crippen molar-refractivity contribution in [2.45, 2.75) is 67.9 Å². The van der Waals surface area contributed by atoms with E-state index in [1.165, 1.54) is 28.5 Å². The minimum Gasteiger partial charge on any atom is -0.286 e. The standard InChI is InChI=1S/C19H30BN6/c1-8-9-10-26-16(7)19(15(6)25-26)20(17-11(2)21-22-12(17)3)18-13(4)23-24-14(18)5/h20H,8-10H2,1-7H3,(H,21,22)(H,23,24)/q-1. The van der Waals surface area contributed by atoms with Crippen LogP contribution in [0, 0.1) is 41.5 Å². The average molecular weight is 353 g/mol. The lowest BCUT2D eigenvalue weighted by atomic mass is 9.35. The Morgan fingerprint density at radius 2 is 1.35 bits per heavy atom. The Morgan fingerprint density at radius 3 is 1.77 bits per heavy atom. The van der Waals surface area contributed by atoms with Crippen LogP contribution in [0.5, 0.6) is 0 Å². The molecule has 0 amide bonds. The quantitative estimate of drug-likeness (QED) is 0.655. The van der Waals surface area contributed by atoms with Gasteiger partial charge in [0, 0.05) is 29.3 Å². The van der Waals surface area contributed by atoms with Gasteiger partial charge >= 0.3 is 0 Å². The third-order valence-electron chi connectivity index (χ3n) is 5.88. The monoisotopic (exact) mass is 353 g/mol. The van der Waals surface area contributed by atoms with Crippen LogP contribution in [0.3, 0.4) is 0 Å². The molecule has 0 spiro atoms. The van der Waals surface area contributed by atoms with Crippen LogP contribution >= 0.6 is 0 Å². The molecule has 6 nitrogen and oxygen atoms in total. The largest absolute Gasteiger partial charge is 0.286 e. The van der Waals surface area contributed by atoms with Crippen LogP contribution < -0.4 is 16.4 Å². The molecule has 0 saturated carbocycles. The topological polar surface area (TPSA) is 75.2 Å². The summed E-state index contributed by atoms with van der Waals surface area (Å²) >= 11 is 0. The third-order valence-corrected chi connectivity index (χ3v) is 5.88. The van der Waals surface area contributed by atoms with Gasteiger partial charge in [-0.25, -0.2) is 0 Å². The van der Waals surface area contributed by atoms with Gasteiger partial charge in [-0.2, -0.15) is 31.7 Å². The van der Waals surface area contributed by atoms with Gasteiger partial charge < -0.3 is 0 Å². The van der Waals surface area contributed by atoms with E-state index < -0.39 is 6.71 Å². The van der Waals surface area contributed by atoms with Crippen molar-refractivity contribution in [2.75, 3.05) is 0 Å². The molecule has 3 aromatic heterocycles. The first kappa shape index (κ1) is 18.5. The van der Waals surface area contributed by atoms with Crippen LogP contribution in [-0.4, -0.2) is 36.9 Å². The summed E-state index contributed by atoms with van der Waals surface area (Å²) in [5.41, 5.74) is 10.8. The molecule has 0 aliphatic heterocycles. The van der Waals surface area contributed by atoms with E-state index in [0.29, 0.717) is 0 Å². The number of aromatic nitrogens is 6. The Morgan fingerprint density at radius 1 is 0.808 bits per heavy atom. The summed E-state index contributed by atoms with van der Waals surface area (Å²) in [4.78, 5) is 0. The fourth-order valence-corrected chi connectivity index (χ4v) is 4.49. The summed E-state index contributed by atoms with van der Waals surface area (Å²) in [5.74, 6) is 0. The van der Waals surface area contributed by atoms with Crippen molar-refractivity contribution < 1.29 is 0 Å². The molecule has 0 radical (unpaired) electrons. The van der Waals surface area contributed by atoms with Crippen LogP contribution in [-0.2, 0) is 6.54 Å². The minimum absolute atomic E-state index is 0.974. The van der Waals surface area contributed by atoms with Gasteiger partial charge in [-0.15, -0.1) is 0 Å². The lowest BCUT2D eigenvalue weighted by Crippen LogP contribution is -2.56. The first-order valence-electron chi connectivity index (χ1n) is 9.63. The molecule has 0 fully saturated rings. The van der Waals surface area contributed by atoms with E-state index in [0.717, 1.165) is 41.4 Å². The van der Waals surface area contributed by atoms with Crippen molar-refractivity contribution in [1.82, 2.24) is 30.2 Å². The Balaban J connectivity index is 2.25. The van der Waals surface area contributed by atoms with Gasteiger partial charge in [0.05, 0.1) is 6.71 Å². The van der Waals surface area contributed by atoms with Gasteiger partial charge in [0.1, 0.15) is 0 Å². The second-order valence-corrected chi connectivity index (χ2v) is 7.58. The summed E-state index contributed by atoms with van der Waals surface area (Å²) in [6, 6.07) is 0. The number of hydrogen-bond donors (Lipinski definition) is 2. The highest BCUT2D eigenvalue weighted by atomic mass is 15.3. The lowest BCUT2D eigenvalue weighted by molar-refractivity contribution is 0.556. The fraction of sp³-hybridized carbons (Fsp3) is 0.526. The number of unbranched alkanes of at least 4 members (excludes halogenated alkanes) is 1. The third kappa shape index (κ3) is 3.00. The minimum atomic E-state index is -1.00. The van der Waals surface area contributed by atoms with Crippen LogP contribution in [0.4, 0.5) is 0 Å². The number of nitrogens with zero attached hydrogens (tertiary/aromatic N) is 4. The van der Waals surface area contributed by atoms with E-state index in [4.69, 9.17) is 5.10 Å². The highest BCUT2D eigenvalue weighted by molar-refractivity contribution is 6.96. The Kier molecular flexibility index (Phi) is 5.07. The van der Waals surface area contributed by atoms with E-state index in [9.17, 15) is 0 Å². The molecule has 3 rings (SSSR count). The average Bonchev–Trinajstić information content (AvgIpc) is 3.20. The molecule has 0 aromatic carbocycles. The maximum Gasteiger partial charge on any atom is 0.0801 e. The second-order valence-electron chi connectivity index (χ2n) is 7.58. The number of aryl methyl sites for hydroxylation is 6. The van der Waals surface area contributed by atoms with Crippen molar-refractivity contribution in [2.24, 2.45) is 0 Å². The highest BCUT2D eigenvalue weighted by Gasteiger charge is 2.25. The molecule has 3 aromatic rings. The van der Waals surface area contributed by atoms with Gasteiger partial charge in [-0.05, 0) is 59.4 Å². The molecule has 2 N–H and O–H groups in total. The molecule has 0 saturated heterocycles. The maximum atomic E-state index is 4.88. The SMILES string of the molecule is CCCCn1nc(C)c([BH-](c2c(C)n[nH]c2C)c2c(C)n[nH]c2C)c1C. The van der Waals surface area contributed by atoms with Crippen LogP contribution in [0.1, 0.15) is 53.9 Å². The summed E-state index contributed by atoms with van der Waals surface area (Å²) in [6.45, 7) is 15.0. The number of H-pyrrole nitrogens is 2. The molecule has 0 aliphatic rings. The molecule has 0 atom stereocenters. The summed E-state index contributed by atoms with van der Waals surface area (Å²) in [5, 5.41) is 20.2. The van der Waals surface area contributed by atoms with E-state index >= 15 is 0 Å². The van der Waals surface area contributed by atoms with E-state index in [2.05, 4.69) is 73.5 Å². The van der Waals surface area contributed by atoms with Gasteiger partial charge in [-0.3, -0.25) is 14.9 Å². The van der Waals surface area contributed by atoms with Crippen molar-refractivity contribution >= 4 is 23.1 Å². The molecule has 26 heavy (non-hydrogen) atoms. The molecule has 0 aliphatic carbocycles. The molecule has 0 bridgehead atoms. The van der Waals surface area contributed by atoms with Gasteiger partial charge in [0.25, 0.3) is 0 Å². The van der Waals surface area contributed by atoms with Crippen LogP contribution in [0.25, 0.3) is 0 Å². The van der Waals surface area contributed by atoms with E-state index in [1.54, 1.807) is 0 Å². The predicted molar refractivity (Wildman–Crippen MR) is 109 cm³/mol. The number of rotatable bonds is 6. The first-order valence-corrected chi connectivity index (χ1v) is 9.63. The number of nitrogens with one attached hydrogen (secondary N) is 2. The molecular formula is C19H30BN6-. The van der Waals surface area contributed by atoms with Crippen molar-refractivity contribution in [3.05, 3.63) is 34.2 Å². The van der Waals surface area contributed by atoms with Crippen molar-refractivity contribution in [1.29, 1.82) is 0 Å². The molecule has 140 valence electrons. The molecular weight excluding hydrogens is 323 g/mol. The highest BCUT2D eigenvalue weighted by Crippen LogP contribution is 2.10. The van der Waals surface area contributed by atoms with Crippen LogP contribution in [0.2, 0.25) is 0 Å². The molecule has 3 heterocycles. The first-order chi connectivity index (χ1) is 12.4. The van der Waals surface area contributed by atoms with Gasteiger partial charge in [0.2, 0.25) is 0 Å². The smallest absolute Gasteiger partial charge is 0.0801 e. The fourth-order valence-electron chi connectivity index (χ4n) is 4.49. The zero-order valence-corrected chi connectivity index (χ0v) is 17.1. The molecule has 0 unspecified atom stereocenters. The maximum absolute atomic E-state index is 4.88. The van der Waals surface area contributed by atoms with Crippen molar-refractivity contribution in [3.63, 3.8) is 0 Å². The molecule has 7 heteroatoms. The Bertz CT molecular complexity index is 832. The summed E-state index contributed by atoms with van der Waals surface area (Å²) in [6.07, 6.45) is 2.32. The van der Waals surface area contributed by atoms with E-state index in [1.807, 2.05) is 0 Å². The van der Waals surface area contributed by atoms with Gasteiger partial charge in [0.15, 0.2) is 0 Å². The Labute approximate surface area is 155 Å². The van der Waals surface area contributed by atoms with Crippen molar-refractivity contribution in [3.8, 4) is 0 Å². The summed E-state index contributed by atoms with van der Waals surface area (Å²) < 4.78 is 2.18. The second kappa shape index (κ2) is 7.13. The zero-order valence-electron chi connectivity index (χ0n) is 17.1. The number of hydrogen-bond acceptors (Lipinski definition) is 3. The van der Waals surface area contributed by atoms with E-state index in [-0.39, 0.29) is 0 Å². The zero-order chi connectivity index (χ0) is 19.0. The van der Waals surface area contributed by atoms with Gasteiger partial charge in [-0.1, -0.05) is 13.3 Å². The number of aromatic amines is 2. The Hall–Kier alpha value is -2.31. The lowest BCUT2D eigenvalue weighted by Gasteiger charge is -2.27.